The number of nitrogens with one attached hydrogen (secondary N) is 1. The molecule has 6 nitrogen and oxygen atoms in total. The highest BCUT2D eigenvalue weighted by Gasteiger charge is 2.12. The van der Waals surface area contributed by atoms with Gasteiger partial charge in [0, 0.05) is 6.26 Å². The van der Waals surface area contributed by atoms with Crippen LogP contribution in [-0.4, -0.2) is 33.2 Å². The Kier molecular flexibility index (Phi) is 6.33. The molecule has 0 aliphatic carbocycles. The summed E-state index contributed by atoms with van der Waals surface area (Å²) in [4.78, 5) is 23.7. The van der Waals surface area contributed by atoms with Crippen LogP contribution in [0.3, 0.4) is 0 Å². The van der Waals surface area contributed by atoms with Gasteiger partial charge in [-0.2, -0.15) is 0 Å². The lowest BCUT2D eigenvalue weighted by Gasteiger charge is -2.08. The summed E-state index contributed by atoms with van der Waals surface area (Å²) in [6.07, 6.45) is 1.11. The third kappa shape index (κ3) is 6.12. The summed E-state index contributed by atoms with van der Waals surface area (Å²) in [6.45, 7) is -0.558. The van der Waals surface area contributed by atoms with Crippen molar-refractivity contribution in [3.63, 3.8) is 0 Å². The first-order chi connectivity index (χ1) is 12.1. The molecule has 2 aromatic carbocycles. The molecule has 0 aliphatic rings. The minimum atomic E-state index is -3.17. The largest absolute Gasteiger partial charge is 0.452 e. The molecule has 0 atom stereocenters. The Morgan fingerprint density at radius 2 is 1.81 bits per heavy atom. The number of hydrogen-bond acceptors (Lipinski definition) is 5. The Morgan fingerprint density at radius 1 is 1.15 bits per heavy atom. The van der Waals surface area contributed by atoms with Crippen LogP contribution in [0.15, 0.2) is 42.5 Å². The van der Waals surface area contributed by atoms with E-state index in [2.05, 4.69) is 5.32 Å². The number of ether oxygens (including phenoxy) is 1. The van der Waals surface area contributed by atoms with Gasteiger partial charge in [-0.1, -0.05) is 23.7 Å². The van der Waals surface area contributed by atoms with E-state index in [-0.39, 0.29) is 22.0 Å². The molecule has 1 amide bonds. The van der Waals surface area contributed by atoms with E-state index in [4.69, 9.17) is 16.3 Å². The summed E-state index contributed by atoms with van der Waals surface area (Å²) in [5.74, 6) is -2.06. The number of benzene rings is 2. The monoisotopic (exact) mass is 399 g/mol. The number of carbonyl (C=O) groups excluding carboxylic acids is 2. The molecule has 0 radical (unpaired) electrons. The summed E-state index contributed by atoms with van der Waals surface area (Å²) in [6, 6.07) is 9.28. The maximum atomic E-state index is 12.9. The molecule has 0 saturated carbocycles. The molecule has 0 fully saturated rings. The van der Waals surface area contributed by atoms with E-state index in [0.717, 1.165) is 18.4 Å². The van der Waals surface area contributed by atoms with Gasteiger partial charge < -0.3 is 10.1 Å². The second-order valence-electron chi connectivity index (χ2n) is 5.52. The van der Waals surface area contributed by atoms with Crippen molar-refractivity contribution >= 4 is 39.0 Å². The normalized spacial score (nSPS) is 11.0. The molecule has 2 aromatic rings. The van der Waals surface area contributed by atoms with Gasteiger partial charge in [-0.25, -0.2) is 17.6 Å². The summed E-state index contributed by atoms with van der Waals surface area (Å²) >= 11 is 5.79. The first kappa shape index (κ1) is 19.9. The van der Waals surface area contributed by atoms with Gasteiger partial charge in [-0.3, -0.25) is 4.79 Å². The zero-order valence-corrected chi connectivity index (χ0v) is 15.2. The Bertz CT molecular complexity index is 929. The molecule has 0 bridgehead atoms. The Balaban J connectivity index is 1.90. The number of hydrogen-bond donors (Lipinski definition) is 1. The van der Waals surface area contributed by atoms with Crippen molar-refractivity contribution in [2.75, 3.05) is 18.2 Å². The molecule has 0 spiro atoms. The molecule has 0 aromatic heterocycles. The fraction of sp³-hybridized carbons (Fsp3) is 0.176. The van der Waals surface area contributed by atoms with Crippen LogP contribution in [0, 0.1) is 5.82 Å². The van der Waals surface area contributed by atoms with E-state index in [1.165, 1.54) is 30.3 Å². The van der Waals surface area contributed by atoms with Crippen LogP contribution in [0.4, 0.5) is 10.1 Å². The van der Waals surface area contributed by atoms with Gasteiger partial charge in [0.25, 0.3) is 5.91 Å². The number of sulfone groups is 1. The van der Waals surface area contributed by atoms with E-state index < -0.39 is 34.1 Å². The van der Waals surface area contributed by atoms with Crippen molar-refractivity contribution in [2.45, 2.75) is 5.75 Å². The quantitative estimate of drug-likeness (QED) is 0.754. The third-order valence-electron chi connectivity index (χ3n) is 3.16. The van der Waals surface area contributed by atoms with Crippen molar-refractivity contribution in [3.05, 3.63) is 64.4 Å². The van der Waals surface area contributed by atoms with Crippen LogP contribution in [0.25, 0.3) is 0 Å². The van der Waals surface area contributed by atoms with E-state index in [1.807, 2.05) is 0 Å². The van der Waals surface area contributed by atoms with Gasteiger partial charge in [0.2, 0.25) is 0 Å². The third-order valence-corrected chi connectivity index (χ3v) is 4.33. The second-order valence-corrected chi connectivity index (χ2v) is 8.06. The number of halogens is 2. The number of esters is 1. The molecule has 0 heterocycles. The predicted octanol–water partition coefficient (Wildman–Crippen LogP) is 2.82. The Labute approximate surface area is 154 Å². The molecular formula is C17H15ClFNO5S. The molecule has 138 valence electrons. The number of amides is 1. The number of rotatable bonds is 6. The molecule has 2 rings (SSSR count). The SMILES string of the molecule is CS(=O)(=O)Cc1ccc(C(=O)OCC(=O)Nc2ccc(F)cc2Cl)cc1. The number of carbonyl (C=O) groups is 2. The van der Waals surface area contributed by atoms with Gasteiger partial charge in [0.1, 0.15) is 5.82 Å². The molecule has 26 heavy (non-hydrogen) atoms. The summed E-state index contributed by atoms with van der Waals surface area (Å²) < 4.78 is 40.3. The van der Waals surface area contributed by atoms with Crippen LogP contribution in [0.1, 0.15) is 15.9 Å². The Morgan fingerprint density at radius 3 is 2.38 bits per heavy atom. The summed E-state index contributed by atoms with van der Waals surface area (Å²) in [7, 11) is -3.17. The molecule has 0 aliphatic heterocycles. The predicted molar refractivity (Wildman–Crippen MR) is 95.3 cm³/mol. The molecule has 0 unspecified atom stereocenters. The Hall–Kier alpha value is -2.45. The van der Waals surface area contributed by atoms with Crippen molar-refractivity contribution in [2.24, 2.45) is 0 Å². The lowest BCUT2D eigenvalue weighted by molar-refractivity contribution is -0.119. The van der Waals surface area contributed by atoms with Crippen LogP contribution in [-0.2, 0) is 25.1 Å². The van der Waals surface area contributed by atoms with E-state index >= 15 is 0 Å². The van der Waals surface area contributed by atoms with Crippen LogP contribution in [0.5, 0.6) is 0 Å². The van der Waals surface area contributed by atoms with E-state index in [0.29, 0.717) is 5.56 Å². The highest BCUT2D eigenvalue weighted by atomic mass is 35.5. The highest BCUT2D eigenvalue weighted by molar-refractivity contribution is 7.89. The fourth-order valence-corrected chi connectivity index (χ4v) is 3.04. The number of anilines is 1. The summed E-state index contributed by atoms with van der Waals surface area (Å²) in [5.41, 5.74) is 0.904. The van der Waals surface area contributed by atoms with Crippen molar-refractivity contribution in [1.82, 2.24) is 0 Å². The van der Waals surface area contributed by atoms with Gasteiger partial charge in [-0.15, -0.1) is 0 Å². The first-order valence-corrected chi connectivity index (χ1v) is 9.76. The lowest BCUT2D eigenvalue weighted by atomic mass is 10.1. The minimum absolute atomic E-state index is 0.0196. The highest BCUT2D eigenvalue weighted by Crippen LogP contribution is 2.22. The molecule has 0 saturated heterocycles. The average molecular weight is 400 g/mol. The minimum Gasteiger partial charge on any atom is -0.452 e. The maximum Gasteiger partial charge on any atom is 0.338 e. The standard InChI is InChI=1S/C17H15ClFNO5S/c1-26(23,24)10-11-2-4-12(5-3-11)17(22)25-9-16(21)20-15-7-6-13(19)8-14(15)18/h2-8H,9-10H2,1H3,(H,20,21). The van der Waals surface area contributed by atoms with Crippen LogP contribution < -0.4 is 5.32 Å². The molecule has 9 heteroatoms. The van der Waals surface area contributed by atoms with Gasteiger partial charge in [-0.05, 0) is 35.9 Å². The first-order valence-electron chi connectivity index (χ1n) is 7.33. The van der Waals surface area contributed by atoms with Crippen LogP contribution in [0.2, 0.25) is 5.02 Å². The average Bonchev–Trinajstić information content (AvgIpc) is 2.54. The van der Waals surface area contributed by atoms with Gasteiger partial charge >= 0.3 is 5.97 Å². The van der Waals surface area contributed by atoms with E-state index in [9.17, 15) is 22.4 Å². The molecular weight excluding hydrogens is 385 g/mol. The maximum absolute atomic E-state index is 12.9. The van der Waals surface area contributed by atoms with Gasteiger partial charge in [0.05, 0.1) is 22.0 Å². The van der Waals surface area contributed by atoms with Crippen molar-refractivity contribution in [3.8, 4) is 0 Å². The second kappa shape index (κ2) is 8.29. The van der Waals surface area contributed by atoms with Gasteiger partial charge in [0.15, 0.2) is 16.4 Å². The zero-order chi connectivity index (χ0) is 19.3. The van der Waals surface area contributed by atoms with Crippen molar-refractivity contribution in [1.29, 1.82) is 0 Å². The topological polar surface area (TPSA) is 89.5 Å². The smallest absolute Gasteiger partial charge is 0.338 e. The van der Waals surface area contributed by atoms with E-state index in [1.54, 1.807) is 0 Å². The zero-order valence-electron chi connectivity index (χ0n) is 13.7. The molecule has 1 N–H and O–H groups in total. The lowest BCUT2D eigenvalue weighted by Crippen LogP contribution is -2.21. The fourth-order valence-electron chi connectivity index (χ4n) is 2.03. The summed E-state index contributed by atoms with van der Waals surface area (Å²) in [5, 5.41) is 2.42. The van der Waals surface area contributed by atoms with Crippen LogP contribution >= 0.6 is 11.6 Å². The van der Waals surface area contributed by atoms with Crippen molar-refractivity contribution < 1.29 is 27.1 Å².